The van der Waals surface area contributed by atoms with Crippen molar-refractivity contribution in [2.45, 2.75) is 0 Å². The molecule has 2 rings (SSSR count). The Morgan fingerprint density at radius 2 is 1.76 bits per heavy atom. The first kappa shape index (κ1) is 11.1. The SMILES string of the molecule is O=C(O)/C=C(/c1ccccc1)c1ccccn1. The second-order valence-corrected chi connectivity index (χ2v) is 3.48. The van der Waals surface area contributed by atoms with E-state index >= 15 is 0 Å². The summed E-state index contributed by atoms with van der Waals surface area (Å²) in [6, 6.07) is 14.8. The summed E-state index contributed by atoms with van der Waals surface area (Å²) in [5, 5.41) is 8.90. The molecule has 0 saturated heterocycles. The number of aliphatic carboxylic acids is 1. The lowest BCUT2D eigenvalue weighted by Gasteiger charge is -2.05. The van der Waals surface area contributed by atoms with Crippen LogP contribution in [0.1, 0.15) is 11.3 Å². The molecule has 0 spiro atoms. The molecule has 0 aliphatic rings. The fourth-order valence-electron chi connectivity index (χ4n) is 1.57. The molecule has 0 atom stereocenters. The third-order valence-electron chi connectivity index (χ3n) is 2.29. The number of rotatable bonds is 3. The van der Waals surface area contributed by atoms with Crippen LogP contribution in [0.3, 0.4) is 0 Å². The van der Waals surface area contributed by atoms with Crippen LogP contribution in [0.4, 0.5) is 0 Å². The second-order valence-electron chi connectivity index (χ2n) is 3.48. The number of carbonyl (C=O) groups is 1. The quantitative estimate of drug-likeness (QED) is 0.817. The predicted molar refractivity (Wildman–Crippen MR) is 65.4 cm³/mol. The average Bonchev–Trinajstić information content (AvgIpc) is 2.38. The molecule has 0 fully saturated rings. The molecule has 0 aliphatic heterocycles. The van der Waals surface area contributed by atoms with Crippen molar-refractivity contribution in [1.29, 1.82) is 0 Å². The molecule has 2 aromatic rings. The van der Waals surface area contributed by atoms with E-state index in [9.17, 15) is 4.79 Å². The summed E-state index contributed by atoms with van der Waals surface area (Å²) in [5.41, 5.74) is 2.11. The first-order valence-corrected chi connectivity index (χ1v) is 5.19. The van der Waals surface area contributed by atoms with Gasteiger partial charge in [-0.3, -0.25) is 4.98 Å². The van der Waals surface area contributed by atoms with Crippen molar-refractivity contribution in [2.24, 2.45) is 0 Å². The zero-order chi connectivity index (χ0) is 12.1. The van der Waals surface area contributed by atoms with Crippen molar-refractivity contribution in [2.75, 3.05) is 0 Å². The number of nitrogens with zero attached hydrogens (tertiary/aromatic N) is 1. The van der Waals surface area contributed by atoms with E-state index in [2.05, 4.69) is 4.98 Å². The summed E-state index contributed by atoms with van der Waals surface area (Å²) in [4.78, 5) is 15.0. The van der Waals surface area contributed by atoms with E-state index in [0.29, 0.717) is 11.3 Å². The predicted octanol–water partition coefficient (Wildman–Crippen LogP) is 2.60. The lowest BCUT2D eigenvalue weighted by molar-refractivity contribution is -0.131. The Balaban J connectivity index is 2.51. The molecule has 3 nitrogen and oxygen atoms in total. The number of hydrogen-bond donors (Lipinski definition) is 1. The van der Waals surface area contributed by atoms with Crippen LogP contribution in [0, 0.1) is 0 Å². The van der Waals surface area contributed by atoms with Crippen LogP contribution >= 0.6 is 0 Å². The van der Waals surface area contributed by atoms with Crippen molar-refractivity contribution >= 4 is 11.5 Å². The zero-order valence-electron chi connectivity index (χ0n) is 9.08. The largest absolute Gasteiger partial charge is 0.478 e. The summed E-state index contributed by atoms with van der Waals surface area (Å²) in [6.45, 7) is 0. The summed E-state index contributed by atoms with van der Waals surface area (Å²) < 4.78 is 0. The summed E-state index contributed by atoms with van der Waals surface area (Å²) >= 11 is 0. The van der Waals surface area contributed by atoms with Gasteiger partial charge in [0.05, 0.1) is 5.69 Å². The van der Waals surface area contributed by atoms with E-state index in [1.165, 1.54) is 6.08 Å². The normalized spacial score (nSPS) is 11.2. The van der Waals surface area contributed by atoms with Gasteiger partial charge in [-0.25, -0.2) is 4.79 Å². The lowest BCUT2D eigenvalue weighted by atomic mass is 10.0. The number of carboxylic acid groups (broad SMARTS) is 1. The fraction of sp³-hybridized carbons (Fsp3) is 0. The average molecular weight is 225 g/mol. The first-order valence-electron chi connectivity index (χ1n) is 5.19. The minimum atomic E-state index is -0.977. The van der Waals surface area contributed by atoms with E-state index in [4.69, 9.17) is 5.11 Å². The number of carboxylic acids is 1. The molecule has 1 aromatic carbocycles. The van der Waals surface area contributed by atoms with Crippen LogP contribution in [0.2, 0.25) is 0 Å². The Hall–Kier alpha value is -2.42. The summed E-state index contributed by atoms with van der Waals surface area (Å²) in [5.74, 6) is -0.977. The van der Waals surface area contributed by atoms with Crippen LogP contribution in [-0.2, 0) is 4.79 Å². The van der Waals surface area contributed by atoms with E-state index < -0.39 is 5.97 Å². The molecule has 0 bridgehead atoms. The van der Waals surface area contributed by atoms with Gasteiger partial charge < -0.3 is 5.11 Å². The molecule has 1 aromatic heterocycles. The number of benzene rings is 1. The Morgan fingerprint density at radius 3 is 2.35 bits per heavy atom. The first-order chi connectivity index (χ1) is 8.27. The van der Waals surface area contributed by atoms with Crippen LogP contribution < -0.4 is 0 Å². The second kappa shape index (κ2) is 5.07. The maximum Gasteiger partial charge on any atom is 0.329 e. The molecule has 0 amide bonds. The molecule has 17 heavy (non-hydrogen) atoms. The molecular formula is C14H11NO2. The number of aromatic nitrogens is 1. The lowest BCUT2D eigenvalue weighted by Crippen LogP contribution is -1.96. The van der Waals surface area contributed by atoms with E-state index in [1.54, 1.807) is 18.3 Å². The minimum absolute atomic E-state index is 0.610. The highest BCUT2D eigenvalue weighted by molar-refractivity contribution is 5.94. The molecule has 0 saturated carbocycles. The van der Waals surface area contributed by atoms with E-state index in [1.807, 2.05) is 36.4 Å². The maximum absolute atomic E-state index is 10.9. The monoisotopic (exact) mass is 225 g/mol. The highest BCUT2D eigenvalue weighted by atomic mass is 16.4. The third kappa shape index (κ3) is 2.78. The maximum atomic E-state index is 10.9. The van der Waals surface area contributed by atoms with Gasteiger partial charge >= 0.3 is 5.97 Å². The highest BCUT2D eigenvalue weighted by Crippen LogP contribution is 2.20. The Kier molecular flexibility index (Phi) is 3.31. The Morgan fingerprint density at radius 1 is 1.06 bits per heavy atom. The smallest absolute Gasteiger partial charge is 0.329 e. The molecule has 0 unspecified atom stereocenters. The molecular weight excluding hydrogens is 214 g/mol. The van der Waals surface area contributed by atoms with Gasteiger partial charge in [0.2, 0.25) is 0 Å². The fourth-order valence-corrected chi connectivity index (χ4v) is 1.57. The van der Waals surface area contributed by atoms with Crippen LogP contribution in [0.25, 0.3) is 5.57 Å². The van der Waals surface area contributed by atoms with E-state index in [0.717, 1.165) is 5.56 Å². The van der Waals surface area contributed by atoms with Crippen molar-refractivity contribution in [3.8, 4) is 0 Å². The Bertz CT molecular complexity index is 491. The molecule has 3 heteroatoms. The van der Waals surface area contributed by atoms with Crippen molar-refractivity contribution < 1.29 is 9.90 Å². The highest BCUT2D eigenvalue weighted by Gasteiger charge is 2.07. The molecule has 1 heterocycles. The number of hydrogen-bond acceptors (Lipinski definition) is 2. The van der Waals surface area contributed by atoms with Gasteiger partial charge in [-0.1, -0.05) is 36.4 Å². The summed E-state index contributed by atoms with van der Waals surface area (Å²) in [7, 11) is 0. The molecule has 1 N–H and O–H groups in total. The topological polar surface area (TPSA) is 50.2 Å². The van der Waals surface area contributed by atoms with Crippen molar-refractivity contribution in [1.82, 2.24) is 4.98 Å². The van der Waals surface area contributed by atoms with E-state index in [-0.39, 0.29) is 0 Å². The van der Waals surface area contributed by atoms with Gasteiger partial charge in [0, 0.05) is 17.8 Å². The van der Waals surface area contributed by atoms with Crippen LogP contribution in [0.15, 0.2) is 60.8 Å². The molecule has 84 valence electrons. The third-order valence-corrected chi connectivity index (χ3v) is 2.29. The minimum Gasteiger partial charge on any atom is -0.478 e. The van der Waals surface area contributed by atoms with Crippen LogP contribution in [0.5, 0.6) is 0 Å². The van der Waals surface area contributed by atoms with Gasteiger partial charge in [0.15, 0.2) is 0 Å². The van der Waals surface area contributed by atoms with Gasteiger partial charge in [0.25, 0.3) is 0 Å². The molecule has 0 aliphatic carbocycles. The number of pyridine rings is 1. The van der Waals surface area contributed by atoms with Gasteiger partial charge in [-0.15, -0.1) is 0 Å². The standard InChI is InChI=1S/C14H11NO2/c16-14(17)10-12(11-6-2-1-3-7-11)13-8-4-5-9-15-13/h1-10H,(H,16,17)/b12-10-. The van der Waals surface area contributed by atoms with Crippen molar-refractivity contribution in [3.63, 3.8) is 0 Å². The molecule has 0 radical (unpaired) electrons. The van der Waals surface area contributed by atoms with Gasteiger partial charge in [-0.05, 0) is 17.7 Å². The van der Waals surface area contributed by atoms with Gasteiger partial charge in [-0.2, -0.15) is 0 Å². The van der Waals surface area contributed by atoms with Crippen LogP contribution in [-0.4, -0.2) is 16.1 Å². The van der Waals surface area contributed by atoms with Gasteiger partial charge in [0.1, 0.15) is 0 Å². The van der Waals surface area contributed by atoms with Crippen molar-refractivity contribution in [3.05, 3.63) is 72.1 Å². The summed E-state index contributed by atoms with van der Waals surface area (Å²) in [6.07, 6.45) is 2.83. The Labute approximate surface area is 99.1 Å². The zero-order valence-corrected chi connectivity index (χ0v) is 9.08.